The average molecular weight is 329 g/mol. The van der Waals surface area contributed by atoms with Crippen LogP contribution in [0.5, 0.6) is 0 Å². The first kappa shape index (κ1) is 16.8. The minimum Gasteiger partial charge on any atom is -0.337 e. The molecule has 1 aliphatic carbocycles. The van der Waals surface area contributed by atoms with Crippen LogP contribution in [0.1, 0.15) is 52.2 Å². The van der Waals surface area contributed by atoms with Gasteiger partial charge in [0.15, 0.2) is 0 Å². The molecule has 1 aromatic rings. The fraction of sp³-hybridized carbons (Fsp3) is 0.688. The van der Waals surface area contributed by atoms with Crippen LogP contribution in [-0.4, -0.2) is 37.0 Å². The van der Waals surface area contributed by atoms with Gasteiger partial charge >= 0.3 is 0 Å². The summed E-state index contributed by atoms with van der Waals surface area (Å²) in [6, 6.07) is 2.54. The number of nitrogens with one attached hydrogen (secondary N) is 1. The Morgan fingerprint density at radius 3 is 2.76 bits per heavy atom. The molecule has 0 aromatic carbocycles. The zero-order valence-corrected chi connectivity index (χ0v) is 14.3. The quantitative estimate of drug-likeness (QED) is 0.903. The molecular formula is C16H25ClN2OS. The van der Waals surface area contributed by atoms with Crippen molar-refractivity contribution in [3.05, 3.63) is 21.4 Å². The number of nitrogens with zero attached hydrogens (tertiary/aromatic N) is 1. The molecule has 1 aliphatic heterocycles. The van der Waals surface area contributed by atoms with Crippen molar-refractivity contribution in [2.75, 3.05) is 20.1 Å². The van der Waals surface area contributed by atoms with Crippen LogP contribution < -0.4 is 5.32 Å². The normalized spacial score (nSPS) is 21.9. The number of carbonyl (C=O) groups is 1. The summed E-state index contributed by atoms with van der Waals surface area (Å²) in [5.74, 6) is 0.218. The molecule has 0 spiro atoms. The number of likely N-dealkylation sites (N-methyl/N-ethyl adjacent to an activating group) is 1. The second kappa shape index (κ2) is 7.61. The molecule has 3 rings (SSSR count). The Balaban J connectivity index is 0.00000161. The SMILES string of the molecule is CN(C(=O)c1cc2c(s1)CCCCCC2)C1CCNC1.Cl. The zero-order chi connectivity index (χ0) is 13.9. The number of rotatable bonds is 2. The maximum atomic E-state index is 12.6. The van der Waals surface area contributed by atoms with Crippen LogP contribution in [0.2, 0.25) is 0 Å². The van der Waals surface area contributed by atoms with Crippen molar-refractivity contribution in [1.29, 1.82) is 0 Å². The zero-order valence-electron chi connectivity index (χ0n) is 12.7. The van der Waals surface area contributed by atoms with Crippen LogP contribution in [0.25, 0.3) is 0 Å². The second-order valence-corrected chi connectivity index (χ2v) is 7.17. The van der Waals surface area contributed by atoms with Gasteiger partial charge in [-0.05, 0) is 50.3 Å². The molecule has 1 aromatic heterocycles. The van der Waals surface area contributed by atoms with Gasteiger partial charge in [-0.1, -0.05) is 12.8 Å². The Bertz CT molecular complexity index is 457. The van der Waals surface area contributed by atoms with Crippen molar-refractivity contribution in [2.24, 2.45) is 0 Å². The molecule has 3 nitrogen and oxygen atoms in total. The summed E-state index contributed by atoms with van der Waals surface area (Å²) in [5.41, 5.74) is 1.44. The largest absolute Gasteiger partial charge is 0.337 e. The van der Waals surface area contributed by atoms with E-state index in [1.54, 1.807) is 11.3 Å². The highest BCUT2D eigenvalue weighted by molar-refractivity contribution is 7.14. The average Bonchev–Trinajstić information content (AvgIpc) is 3.07. The van der Waals surface area contributed by atoms with Gasteiger partial charge in [0.25, 0.3) is 5.91 Å². The van der Waals surface area contributed by atoms with Crippen molar-refractivity contribution in [1.82, 2.24) is 10.2 Å². The lowest BCUT2D eigenvalue weighted by Gasteiger charge is -2.23. The maximum absolute atomic E-state index is 12.6. The first-order valence-corrected chi connectivity index (χ1v) is 8.67. The summed E-state index contributed by atoms with van der Waals surface area (Å²) in [7, 11) is 1.96. The molecule has 1 fully saturated rings. The van der Waals surface area contributed by atoms with Gasteiger partial charge in [0.2, 0.25) is 0 Å². The Labute approximate surface area is 137 Å². The van der Waals surface area contributed by atoms with Crippen LogP contribution in [0.3, 0.4) is 0 Å². The molecule has 2 aliphatic rings. The molecule has 0 bridgehead atoms. The molecule has 1 unspecified atom stereocenters. The van der Waals surface area contributed by atoms with E-state index < -0.39 is 0 Å². The standard InChI is InChI=1S/C16H24N2OS.ClH/c1-18(13-8-9-17-11-13)16(19)15-10-12-6-4-2-3-5-7-14(12)20-15;/h10,13,17H,2-9,11H2,1H3;1H. The van der Waals surface area contributed by atoms with Crippen molar-refractivity contribution >= 4 is 29.7 Å². The number of aryl methyl sites for hydroxylation is 2. The molecule has 1 saturated heterocycles. The number of hydrogen-bond acceptors (Lipinski definition) is 3. The number of amides is 1. The van der Waals surface area contributed by atoms with Crippen molar-refractivity contribution in [2.45, 2.75) is 51.0 Å². The van der Waals surface area contributed by atoms with Gasteiger partial charge in [-0.25, -0.2) is 0 Å². The van der Waals surface area contributed by atoms with Gasteiger partial charge in [0, 0.05) is 24.5 Å². The molecule has 1 amide bonds. The molecule has 21 heavy (non-hydrogen) atoms. The predicted molar refractivity (Wildman–Crippen MR) is 90.8 cm³/mol. The summed E-state index contributed by atoms with van der Waals surface area (Å²) >= 11 is 1.74. The summed E-state index contributed by atoms with van der Waals surface area (Å²) < 4.78 is 0. The van der Waals surface area contributed by atoms with E-state index in [4.69, 9.17) is 0 Å². The van der Waals surface area contributed by atoms with Gasteiger partial charge < -0.3 is 10.2 Å². The molecule has 0 saturated carbocycles. The van der Waals surface area contributed by atoms with Gasteiger partial charge in [0.1, 0.15) is 0 Å². The number of hydrogen-bond donors (Lipinski definition) is 1. The Hall–Kier alpha value is -0.580. The molecule has 1 atom stereocenters. The molecule has 5 heteroatoms. The van der Waals surface area contributed by atoms with E-state index in [0.29, 0.717) is 6.04 Å². The first-order chi connectivity index (χ1) is 9.75. The van der Waals surface area contributed by atoms with Gasteiger partial charge in [-0.3, -0.25) is 4.79 Å². The van der Waals surface area contributed by atoms with Gasteiger partial charge in [0.05, 0.1) is 4.88 Å². The predicted octanol–water partition coefficient (Wildman–Crippen LogP) is 3.26. The minimum atomic E-state index is 0. The van der Waals surface area contributed by atoms with E-state index in [-0.39, 0.29) is 18.3 Å². The fourth-order valence-corrected chi connectivity index (χ4v) is 4.50. The summed E-state index contributed by atoms with van der Waals surface area (Å²) in [6.07, 6.45) is 8.65. The molecule has 118 valence electrons. The molecule has 0 radical (unpaired) electrons. The highest BCUT2D eigenvalue weighted by Crippen LogP contribution is 2.29. The minimum absolute atomic E-state index is 0. The summed E-state index contributed by atoms with van der Waals surface area (Å²) in [6.45, 7) is 1.97. The van der Waals surface area contributed by atoms with Crippen molar-refractivity contribution in [3.8, 4) is 0 Å². The van der Waals surface area contributed by atoms with Gasteiger partial charge in [-0.2, -0.15) is 0 Å². The monoisotopic (exact) mass is 328 g/mol. The van der Waals surface area contributed by atoms with Gasteiger partial charge in [-0.15, -0.1) is 23.7 Å². The van der Waals surface area contributed by atoms with Crippen molar-refractivity contribution in [3.63, 3.8) is 0 Å². The molecule has 1 N–H and O–H groups in total. The van der Waals surface area contributed by atoms with E-state index in [2.05, 4.69) is 11.4 Å². The molecule has 2 heterocycles. The van der Waals surface area contributed by atoms with Crippen LogP contribution >= 0.6 is 23.7 Å². The van der Waals surface area contributed by atoms with E-state index in [1.807, 2.05) is 11.9 Å². The number of carbonyl (C=O) groups excluding carboxylic acids is 1. The van der Waals surface area contributed by atoms with Crippen molar-refractivity contribution < 1.29 is 4.79 Å². The van der Waals surface area contributed by atoms with Crippen LogP contribution in [-0.2, 0) is 12.8 Å². The van der Waals surface area contributed by atoms with Crippen LogP contribution in [0.4, 0.5) is 0 Å². The number of fused-ring (bicyclic) bond motifs is 1. The smallest absolute Gasteiger partial charge is 0.263 e. The summed E-state index contributed by atoms with van der Waals surface area (Å²) in [4.78, 5) is 17.0. The first-order valence-electron chi connectivity index (χ1n) is 7.85. The Morgan fingerprint density at radius 1 is 1.29 bits per heavy atom. The maximum Gasteiger partial charge on any atom is 0.263 e. The lowest BCUT2D eigenvalue weighted by atomic mass is 10.00. The summed E-state index contributed by atoms with van der Waals surface area (Å²) in [5, 5.41) is 3.33. The van der Waals surface area contributed by atoms with E-state index in [1.165, 1.54) is 42.5 Å². The highest BCUT2D eigenvalue weighted by Gasteiger charge is 2.26. The topological polar surface area (TPSA) is 32.3 Å². The third kappa shape index (κ3) is 3.79. The highest BCUT2D eigenvalue weighted by atomic mass is 35.5. The molecular weight excluding hydrogens is 304 g/mol. The van der Waals surface area contributed by atoms with Crippen LogP contribution in [0, 0.1) is 0 Å². The van der Waals surface area contributed by atoms with E-state index >= 15 is 0 Å². The third-order valence-electron chi connectivity index (χ3n) is 4.61. The van der Waals surface area contributed by atoms with E-state index in [9.17, 15) is 4.79 Å². The third-order valence-corrected chi connectivity index (χ3v) is 5.83. The lowest BCUT2D eigenvalue weighted by Crippen LogP contribution is -2.37. The Morgan fingerprint density at radius 2 is 2.05 bits per heavy atom. The Kier molecular flexibility index (Phi) is 6.08. The number of halogens is 1. The lowest BCUT2D eigenvalue weighted by molar-refractivity contribution is 0.0748. The van der Waals surface area contributed by atoms with E-state index in [0.717, 1.165) is 30.8 Å². The fourth-order valence-electron chi connectivity index (χ4n) is 3.26. The number of thiophene rings is 1. The second-order valence-electron chi connectivity index (χ2n) is 6.04. The van der Waals surface area contributed by atoms with Crippen LogP contribution in [0.15, 0.2) is 6.07 Å².